The van der Waals surface area contributed by atoms with Crippen molar-refractivity contribution in [2.24, 2.45) is 0 Å². The van der Waals surface area contributed by atoms with Gasteiger partial charge in [-0.2, -0.15) is 0 Å². The van der Waals surface area contributed by atoms with Crippen LogP contribution in [0.2, 0.25) is 0 Å². The SMILES string of the molecule is CC1(C)CNCCN1Cc1cc(F)c(F)cc1F. The second kappa shape index (κ2) is 4.90. The number of piperazine rings is 1. The smallest absolute Gasteiger partial charge is 0.161 e. The molecule has 18 heavy (non-hydrogen) atoms. The van der Waals surface area contributed by atoms with Gasteiger partial charge in [-0.05, 0) is 19.9 Å². The largest absolute Gasteiger partial charge is 0.314 e. The molecule has 0 aliphatic carbocycles. The molecule has 0 atom stereocenters. The Balaban J connectivity index is 2.20. The molecule has 1 heterocycles. The van der Waals surface area contributed by atoms with Crippen LogP contribution in [0.4, 0.5) is 13.2 Å². The van der Waals surface area contributed by atoms with E-state index in [0.29, 0.717) is 6.07 Å². The molecular weight excluding hydrogens is 241 g/mol. The van der Waals surface area contributed by atoms with Gasteiger partial charge in [0.05, 0.1) is 0 Å². The number of benzene rings is 1. The van der Waals surface area contributed by atoms with Crippen LogP contribution in [-0.4, -0.2) is 30.1 Å². The van der Waals surface area contributed by atoms with Gasteiger partial charge in [0.25, 0.3) is 0 Å². The van der Waals surface area contributed by atoms with E-state index in [9.17, 15) is 13.2 Å². The third kappa shape index (κ3) is 2.67. The van der Waals surface area contributed by atoms with Crippen molar-refractivity contribution in [2.75, 3.05) is 19.6 Å². The second-order valence-corrected chi connectivity index (χ2v) is 5.27. The van der Waals surface area contributed by atoms with E-state index in [1.54, 1.807) is 0 Å². The van der Waals surface area contributed by atoms with Crippen molar-refractivity contribution in [3.8, 4) is 0 Å². The van der Waals surface area contributed by atoms with Crippen LogP contribution in [0.1, 0.15) is 19.4 Å². The van der Waals surface area contributed by atoms with Crippen LogP contribution in [0.15, 0.2) is 12.1 Å². The first kappa shape index (κ1) is 13.4. The zero-order chi connectivity index (χ0) is 13.3. The summed E-state index contributed by atoms with van der Waals surface area (Å²) in [6, 6.07) is 1.56. The van der Waals surface area contributed by atoms with Gasteiger partial charge < -0.3 is 5.32 Å². The van der Waals surface area contributed by atoms with Crippen molar-refractivity contribution < 1.29 is 13.2 Å². The summed E-state index contributed by atoms with van der Waals surface area (Å²) in [5, 5.41) is 3.26. The van der Waals surface area contributed by atoms with Crippen LogP contribution in [-0.2, 0) is 6.54 Å². The molecule has 1 aliphatic rings. The molecule has 1 saturated heterocycles. The number of halogens is 3. The highest BCUT2D eigenvalue weighted by molar-refractivity contribution is 5.20. The first-order valence-corrected chi connectivity index (χ1v) is 5.99. The summed E-state index contributed by atoms with van der Waals surface area (Å²) in [6.45, 7) is 6.73. The van der Waals surface area contributed by atoms with E-state index in [4.69, 9.17) is 0 Å². The lowest BCUT2D eigenvalue weighted by atomic mass is 9.99. The molecule has 0 amide bonds. The Morgan fingerprint density at radius 3 is 2.50 bits per heavy atom. The third-order valence-electron chi connectivity index (χ3n) is 3.42. The predicted octanol–water partition coefficient (Wildman–Crippen LogP) is 2.29. The maximum atomic E-state index is 13.6. The molecule has 0 saturated carbocycles. The lowest BCUT2D eigenvalue weighted by Gasteiger charge is -2.42. The quantitative estimate of drug-likeness (QED) is 0.819. The second-order valence-electron chi connectivity index (χ2n) is 5.27. The Morgan fingerprint density at radius 1 is 1.17 bits per heavy atom. The molecule has 2 rings (SSSR count). The predicted molar refractivity (Wildman–Crippen MR) is 63.7 cm³/mol. The molecule has 1 aromatic rings. The van der Waals surface area contributed by atoms with E-state index in [2.05, 4.69) is 10.2 Å². The highest BCUT2D eigenvalue weighted by Gasteiger charge is 2.30. The van der Waals surface area contributed by atoms with Crippen molar-refractivity contribution >= 4 is 0 Å². The van der Waals surface area contributed by atoms with Gasteiger partial charge in [0.1, 0.15) is 5.82 Å². The molecule has 1 N–H and O–H groups in total. The zero-order valence-corrected chi connectivity index (χ0v) is 10.6. The number of rotatable bonds is 2. The summed E-state index contributed by atoms with van der Waals surface area (Å²) in [5.74, 6) is -2.83. The Kier molecular flexibility index (Phi) is 3.64. The highest BCUT2D eigenvalue weighted by atomic mass is 19.2. The molecule has 0 spiro atoms. The monoisotopic (exact) mass is 258 g/mol. The number of hydrogen-bond acceptors (Lipinski definition) is 2. The molecule has 1 aliphatic heterocycles. The maximum absolute atomic E-state index is 13.6. The van der Waals surface area contributed by atoms with Gasteiger partial charge in [0, 0.05) is 43.3 Å². The molecule has 5 heteroatoms. The first-order chi connectivity index (χ1) is 8.40. The van der Waals surface area contributed by atoms with Crippen molar-refractivity contribution in [2.45, 2.75) is 25.9 Å². The molecule has 2 nitrogen and oxygen atoms in total. The van der Waals surface area contributed by atoms with Gasteiger partial charge >= 0.3 is 0 Å². The third-order valence-corrected chi connectivity index (χ3v) is 3.42. The van der Waals surface area contributed by atoms with Crippen molar-refractivity contribution in [3.63, 3.8) is 0 Å². The molecule has 1 aromatic carbocycles. The van der Waals surface area contributed by atoms with E-state index < -0.39 is 17.5 Å². The molecule has 100 valence electrons. The van der Waals surface area contributed by atoms with Gasteiger partial charge in [0.2, 0.25) is 0 Å². The minimum Gasteiger partial charge on any atom is -0.314 e. The fraction of sp³-hybridized carbons (Fsp3) is 0.538. The molecular formula is C13H17F3N2. The number of hydrogen-bond donors (Lipinski definition) is 1. The Morgan fingerprint density at radius 2 is 1.83 bits per heavy atom. The lowest BCUT2D eigenvalue weighted by Crippen LogP contribution is -2.57. The van der Waals surface area contributed by atoms with Crippen LogP contribution in [0.5, 0.6) is 0 Å². The average Bonchev–Trinajstić information content (AvgIpc) is 2.28. The maximum Gasteiger partial charge on any atom is 0.161 e. The highest BCUT2D eigenvalue weighted by Crippen LogP contribution is 2.22. The molecule has 0 radical (unpaired) electrons. The minimum atomic E-state index is -1.14. The van der Waals surface area contributed by atoms with Crippen LogP contribution in [0, 0.1) is 17.5 Å². The minimum absolute atomic E-state index is 0.129. The summed E-state index contributed by atoms with van der Waals surface area (Å²) in [4.78, 5) is 2.07. The van der Waals surface area contributed by atoms with Gasteiger partial charge in [-0.3, -0.25) is 4.90 Å². The van der Waals surface area contributed by atoms with Crippen LogP contribution in [0.3, 0.4) is 0 Å². The summed E-state index contributed by atoms with van der Waals surface area (Å²) >= 11 is 0. The van der Waals surface area contributed by atoms with Gasteiger partial charge in [-0.1, -0.05) is 0 Å². The number of nitrogens with zero attached hydrogens (tertiary/aromatic N) is 1. The Hall–Kier alpha value is -1.07. The van der Waals surface area contributed by atoms with Gasteiger partial charge in [0.15, 0.2) is 11.6 Å². The molecule has 0 aromatic heterocycles. The summed E-state index contributed by atoms with van der Waals surface area (Å²) in [7, 11) is 0. The van der Waals surface area contributed by atoms with E-state index in [0.717, 1.165) is 25.7 Å². The van der Waals surface area contributed by atoms with Crippen LogP contribution >= 0.6 is 0 Å². The summed E-state index contributed by atoms with van der Waals surface area (Å²) < 4.78 is 39.6. The Bertz CT molecular complexity index is 446. The van der Waals surface area contributed by atoms with E-state index in [1.807, 2.05) is 13.8 Å². The number of nitrogens with one attached hydrogen (secondary N) is 1. The molecule has 0 unspecified atom stereocenters. The van der Waals surface area contributed by atoms with Gasteiger partial charge in [-0.15, -0.1) is 0 Å². The van der Waals surface area contributed by atoms with E-state index in [-0.39, 0.29) is 17.6 Å². The normalized spacial score (nSPS) is 20.1. The first-order valence-electron chi connectivity index (χ1n) is 5.99. The lowest BCUT2D eigenvalue weighted by molar-refractivity contribution is 0.0814. The van der Waals surface area contributed by atoms with E-state index in [1.165, 1.54) is 0 Å². The van der Waals surface area contributed by atoms with E-state index >= 15 is 0 Å². The van der Waals surface area contributed by atoms with Crippen LogP contribution < -0.4 is 5.32 Å². The molecule has 0 bridgehead atoms. The summed E-state index contributed by atoms with van der Waals surface area (Å²) in [6.07, 6.45) is 0. The standard InChI is InChI=1S/C13H17F3N2/c1-13(2)8-17-3-4-18(13)7-9-5-11(15)12(16)6-10(9)14/h5-6,17H,3-4,7-8H2,1-2H3. The zero-order valence-electron chi connectivity index (χ0n) is 10.6. The fourth-order valence-electron chi connectivity index (χ4n) is 2.21. The fourth-order valence-corrected chi connectivity index (χ4v) is 2.21. The van der Waals surface area contributed by atoms with Gasteiger partial charge in [-0.25, -0.2) is 13.2 Å². The van der Waals surface area contributed by atoms with Crippen molar-refractivity contribution in [1.29, 1.82) is 0 Å². The molecule has 1 fully saturated rings. The summed E-state index contributed by atoms with van der Waals surface area (Å²) in [5.41, 5.74) is 0.0686. The van der Waals surface area contributed by atoms with Crippen molar-refractivity contribution in [3.05, 3.63) is 35.1 Å². The van der Waals surface area contributed by atoms with Crippen LogP contribution in [0.25, 0.3) is 0 Å². The topological polar surface area (TPSA) is 15.3 Å². The van der Waals surface area contributed by atoms with Crippen molar-refractivity contribution in [1.82, 2.24) is 10.2 Å². The average molecular weight is 258 g/mol. The Labute approximate surface area is 105 Å².